The van der Waals surface area contributed by atoms with Gasteiger partial charge in [-0.25, -0.2) is 4.79 Å². The molecule has 1 heterocycles. The van der Waals surface area contributed by atoms with E-state index in [0.29, 0.717) is 16.8 Å². The third kappa shape index (κ3) is 5.39. The highest BCUT2D eigenvalue weighted by Gasteiger charge is 2.13. The van der Waals surface area contributed by atoms with Gasteiger partial charge in [0.05, 0.1) is 30.0 Å². The van der Waals surface area contributed by atoms with Crippen LogP contribution in [0.4, 0.5) is 5.69 Å². The van der Waals surface area contributed by atoms with Crippen LogP contribution in [0.15, 0.2) is 48.5 Å². The summed E-state index contributed by atoms with van der Waals surface area (Å²) in [5, 5.41) is 11.6. The van der Waals surface area contributed by atoms with Crippen LogP contribution < -0.4 is 5.32 Å². The van der Waals surface area contributed by atoms with E-state index in [4.69, 9.17) is 14.7 Å². The Balaban J connectivity index is 1.49. The van der Waals surface area contributed by atoms with Crippen molar-refractivity contribution in [2.45, 2.75) is 6.54 Å². The first-order valence-electron chi connectivity index (χ1n) is 9.01. The molecule has 0 bridgehead atoms. The third-order valence-electron chi connectivity index (χ3n) is 4.36. The molecule has 144 valence electrons. The van der Waals surface area contributed by atoms with Crippen molar-refractivity contribution in [3.05, 3.63) is 65.2 Å². The normalized spacial score (nSPS) is 14.1. The maximum atomic E-state index is 12.1. The number of carbonyl (C=O) groups excluding carboxylic acids is 2. The molecule has 0 aliphatic carbocycles. The molecule has 7 nitrogen and oxygen atoms in total. The summed E-state index contributed by atoms with van der Waals surface area (Å²) in [6.45, 7) is 3.66. The van der Waals surface area contributed by atoms with Gasteiger partial charge in [0.2, 0.25) is 0 Å². The molecule has 1 N–H and O–H groups in total. The van der Waals surface area contributed by atoms with Gasteiger partial charge < -0.3 is 14.8 Å². The van der Waals surface area contributed by atoms with E-state index >= 15 is 0 Å². The van der Waals surface area contributed by atoms with E-state index in [9.17, 15) is 9.59 Å². The topological polar surface area (TPSA) is 91.7 Å². The van der Waals surface area contributed by atoms with Gasteiger partial charge in [-0.05, 0) is 29.8 Å². The molecule has 0 spiro atoms. The molecule has 3 rings (SSSR count). The fourth-order valence-electron chi connectivity index (χ4n) is 2.85. The Kier molecular flexibility index (Phi) is 6.73. The monoisotopic (exact) mass is 379 g/mol. The summed E-state index contributed by atoms with van der Waals surface area (Å²) in [6, 6.07) is 15.8. The lowest BCUT2D eigenvalue weighted by Gasteiger charge is -2.26. The number of rotatable bonds is 6. The van der Waals surface area contributed by atoms with Gasteiger partial charge in [0, 0.05) is 19.6 Å². The molecule has 1 fully saturated rings. The largest absolute Gasteiger partial charge is 0.452 e. The molecule has 2 aromatic rings. The highest BCUT2D eigenvalue weighted by molar-refractivity contribution is 5.96. The second-order valence-corrected chi connectivity index (χ2v) is 6.37. The number of nitrogens with one attached hydrogen (secondary N) is 1. The zero-order valence-electron chi connectivity index (χ0n) is 15.4. The van der Waals surface area contributed by atoms with Crippen molar-refractivity contribution in [3.63, 3.8) is 0 Å². The number of nitrogens with zero attached hydrogens (tertiary/aromatic N) is 2. The summed E-state index contributed by atoms with van der Waals surface area (Å²) in [6.07, 6.45) is 0. The molecule has 1 saturated heterocycles. The molecular formula is C21H21N3O4. The lowest BCUT2D eigenvalue weighted by Crippen LogP contribution is -2.35. The van der Waals surface area contributed by atoms with Crippen molar-refractivity contribution >= 4 is 17.6 Å². The van der Waals surface area contributed by atoms with Crippen molar-refractivity contribution in [1.29, 1.82) is 5.26 Å². The van der Waals surface area contributed by atoms with Crippen LogP contribution in [-0.2, 0) is 20.8 Å². The van der Waals surface area contributed by atoms with Crippen LogP contribution in [0.1, 0.15) is 21.5 Å². The molecule has 0 atom stereocenters. The average Bonchev–Trinajstić information content (AvgIpc) is 2.74. The number of hydrogen-bond donors (Lipinski definition) is 1. The van der Waals surface area contributed by atoms with Crippen molar-refractivity contribution in [2.75, 3.05) is 38.2 Å². The number of benzene rings is 2. The molecular weight excluding hydrogens is 358 g/mol. The highest BCUT2D eigenvalue weighted by atomic mass is 16.5. The first kappa shape index (κ1) is 19.5. The second-order valence-electron chi connectivity index (χ2n) is 6.37. The highest BCUT2D eigenvalue weighted by Crippen LogP contribution is 2.14. The van der Waals surface area contributed by atoms with Crippen molar-refractivity contribution in [3.8, 4) is 6.07 Å². The van der Waals surface area contributed by atoms with Crippen molar-refractivity contribution < 1.29 is 19.1 Å². The van der Waals surface area contributed by atoms with E-state index in [2.05, 4.69) is 10.2 Å². The number of anilines is 1. The Hall–Kier alpha value is -3.21. The lowest BCUT2D eigenvalue weighted by atomic mass is 10.1. The van der Waals surface area contributed by atoms with Gasteiger partial charge in [-0.15, -0.1) is 0 Å². The molecule has 7 heteroatoms. The predicted molar refractivity (Wildman–Crippen MR) is 103 cm³/mol. The summed E-state index contributed by atoms with van der Waals surface area (Å²) in [7, 11) is 0. The first-order chi connectivity index (χ1) is 13.7. The third-order valence-corrected chi connectivity index (χ3v) is 4.36. The molecule has 2 aromatic carbocycles. The summed E-state index contributed by atoms with van der Waals surface area (Å²) in [4.78, 5) is 26.4. The Labute approximate surface area is 163 Å². The van der Waals surface area contributed by atoms with Gasteiger partial charge in [0.15, 0.2) is 6.61 Å². The predicted octanol–water partition coefficient (Wildman–Crippen LogP) is 2.19. The fraction of sp³-hybridized carbons (Fsp3) is 0.286. The number of carbonyl (C=O) groups is 2. The Morgan fingerprint density at radius 3 is 2.54 bits per heavy atom. The number of hydrogen-bond acceptors (Lipinski definition) is 6. The van der Waals surface area contributed by atoms with E-state index in [-0.39, 0.29) is 0 Å². The molecule has 0 unspecified atom stereocenters. The van der Waals surface area contributed by atoms with Gasteiger partial charge >= 0.3 is 5.97 Å². The molecule has 0 aromatic heterocycles. The number of amides is 1. The van der Waals surface area contributed by atoms with Gasteiger partial charge in [-0.1, -0.05) is 24.3 Å². The summed E-state index contributed by atoms with van der Waals surface area (Å²) in [5.41, 5.74) is 2.22. The van der Waals surface area contributed by atoms with Crippen molar-refractivity contribution in [2.24, 2.45) is 0 Å². The van der Waals surface area contributed by atoms with Crippen LogP contribution in [0.2, 0.25) is 0 Å². The Morgan fingerprint density at radius 1 is 1.11 bits per heavy atom. The van der Waals surface area contributed by atoms with Crippen LogP contribution in [0.5, 0.6) is 0 Å². The molecule has 1 aliphatic rings. The second kappa shape index (κ2) is 9.65. The standard InChI is InChI=1S/C21H21N3O4/c22-13-18-3-1-2-4-19(18)23-20(25)15-28-21(26)17-7-5-16(6-8-17)14-24-9-11-27-12-10-24/h1-8H,9-12,14-15H2,(H,23,25). The number of nitriles is 1. The Bertz CT molecular complexity index is 868. The van der Waals surface area contributed by atoms with Crippen LogP contribution in [0, 0.1) is 11.3 Å². The smallest absolute Gasteiger partial charge is 0.338 e. The number of morpholine rings is 1. The average molecular weight is 379 g/mol. The number of ether oxygens (including phenoxy) is 2. The molecule has 1 aliphatic heterocycles. The fourth-order valence-corrected chi connectivity index (χ4v) is 2.85. The van der Waals surface area contributed by atoms with E-state index < -0.39 is 18.5 Å². The maximum absolute atomic E-state index is 12.1. The quantitative estimate of drug-likeness (QED) is 0.774. The van der Waals surface area contributed by atoms with Gasteiger partial charge in [-0.2, -0.15) is 5.26 Å². The molecule has 1 amide bonds. The number of esters is 1. The summed E-state index contributed by atoms with van der Waals surface area (Å²) >= 11 is 0. The van der Waals surface area contributed by atoms with Gasteiger partial charge in [0.1, 0.15) is 6.07 Å². The van der Waals surface area contributed by atoms with Crippen LogP contribution >= 0.6 is 0 Å². The Morgan fingerprint density at radius 2 is 1.82 bits per heavy atom. The van der Waals surface area contributed by atoms with Crippen LogP contribution in [0.25, 0.3) is 0 Å². The first-order valence-corrected chi connectivity index (χ1v) is 9.01. The minimum atomic E-state index is -0.568. The van der Waals surface area contributed by atoms with E-state index in [1.54, 1.807) is 36.4 Å². The van der Waals surface area contributed by atoms with E-state index in [0.717, 1.165) is 38.4 Å². The minimum absolute atomic E-state index is 0.345. The van der Waals surface area contributed by atoms with E-state index in [1.807, 2.05) is 18.2 Å². The summed E-state index contributed by atoms with van der Waals surface area (Å²) < 4.78 is 10.4. The van der Waals surface area contributed by atoms with Gasteiger partial charge in [0.25, 0.3) is 5.91 Å². The van der Waals surface area contributed by atoms with Crippen LogP contribution in [-0.4, -0.2) is 49.7 Å². The SMILES string of the molecule is N#Cc1ccccc1NC(=O)COC(=O)c1ccc(CN2CCOCC2)cc1. The summed E-state index contributed by atoms with van der Waals surface area (Å²) in [5.74, 6) is -1.07. The van der Waals surface area contributed by atoms with E-state index in [1.165, 1.54) is 0 Å². The minimum Gasteiger partial charge on any atom is -0.452 e. The lowest BCUT2D eigenvalue weighted by molar-refractivity contribution is -0.119. The molecule has 28 heavy (non-hydrogen) atoms. The number of para-hydroxylation sites is 1. The molecule has 0 saturated carbocycles. The zero-order valence-corrected chi connectivity index (χ0v) is 15.4. The van der Waals surface area contributed by atoms with Gasteiger partial charge in [-0.3, -0.25) is 9.69 Å². The molecule has 0 radical (unpaired) electrons. The zero-order chi connectivity index (χ0) is 19.8. The van der Waals surface area contributed by atoms with Crippen molar-refractivity contribution in [1.82, 2.24) is 4.90 Å². The van der Waals surface area contributed by atoms with Crippen LogP contribution in [0.3, 0.4) is 0 Å². The maximum Gasteiger partial charge on any atom is 0.338 e.